The van der Waals surface area contributed by atoms with Gasteiger partial charge in [0.25, 0.3) is 0 Å². The quantitative estimate of drug-likeness (QED) is 0.0243. The molecule has 0 saturated carbocycles. The zero-order chi connectivity index (χ0) is 87.6. The maximum Gasteiger partial charge on any atom is 0.339 e. The van der Waals surface area contributed by atoms with Crippen LogP contribution in [0.25, 0.3) is 39.6 Å². The fraction of sp³-hybridized carbons (Fsp3) is 0.298. The Kier molecular flexibility index (Phi) is 25.9. The number of aliphatic carboxylic acids is 1. The minimum Gasteiger partial charge on any atom is -0.490 e. The average Bonchev–Trinajstić information content (AvgIpc) is 1.60. The molecule has 0 aliphatic carbocycles. The smallest absolute Gasteiger partial charge is 0.339 e. The zero-order valence-corrected chi connectivity index (χ0v) is 66.8. The molecule has 12 aromatic rings. The van der Waals surface area contributed by atoms with Crippen molar-refractivity contribution in [2.45, 2.75) is 120 Å². The van der Waals surface area contributed by atoms with Crippen LogP contribution in [0.4, 0.5) is 45.0 Å². The van der Waals surface area contributed by atoms with Gasteiger partial charge in [-0.05, 0) is 87.0 Å². The maximum absolute atomic E-state index is 14.6. The molecule has 18 rings (SSSR count). The maximum atomic E-state index is 14.6. The van der Waals surface area contributed by atoms with E-state index >= 15 is 0 Å². The molecule has 13 unspecified atom stereocenters. The van der Waals surface area contributed by atoms with Crippen molar-refractivity contribution < 1.29 is 114 Å². The van der Waals surface area contributed by atoms with Crippen LogP contribution >= 0.6 is 0 Å². The molecule has 42 heteroatoms. The van der Waals surface area contributed by atoms with Crippen LogP contribution in [0.5, 0.6) is 17.2 Å². The molecule has 39 nitrogen and oxygen atoms in total. The second-order valence-corrected chi connectivity index (χ2v) is 28.6. The Balaban J connectivity index is 0.000000139. The van der Waals surface area contributed by atoms with Gasteiger partial charge in [0.1, 0.15) is 128 Å². The fourth-order valence-corrected chi connectivity index (χ4v) is 14.9. The highest BCUT2D eigenvalue weighted by Crippen LogP contribution is 2.48. The molecule has 6 aromatic carbocycles. The SMILES string of the molecule is CCNC(=O)Nc1ncnc2c1ncn2C1OC(COc2c(F)cccc2C(=O)O)C2O[C@H](/C=C/c3ccccc3)OC21.CCNC(=O)Nc1ncnc2c1ncn2C1OC(COc2ccccc2C(=O)O)C2O[C@H](c3ccc(F)cc3)OC21.CCNC(=O)Nc1ncnc2c1ncn2C1OC(COc2ccccc2CC(=O)O)C2OC(c3ccc(F)cc3)OC21. The number of urea groups is 3. The van der Waals surface area contributed by atoms with Gasteiger partial charge in [-0.25, -0.2) is 82.0 Å². The van der Waals surface area contributed by atoms with Crippen molar-refractivity contribution in [3.63, 3.8) is 0 Å². The summed E-state index contributed by atoms with van der Waals surface area (Å²) in [5.41, 5.74) is 4.54. The summed E-state index contributed by atoms with van der Waals surface area (Å²) in [6, 6.07) is 36.7. The summed E-state index contributed by atoms with van der Waals surface area (Å²) in [6.07, 6.45) is 1.08. The number of imidazole rings is 3. The molecule has 126 heavy (non-hydrogen) atoms. The van der Waals surface area contributed by atoms with Gasteiger partial charge in [0, 0.05) is 36.3 Å². The number of benzene rings is 6. The number of ether oxygens (including phenoxy) is 12. The second-order valence-electron chi connectivity index (χ2n) is 28.6. The van der Waals surface area contributed by atoms with Gasteiger partial charge in [-0.2, -0.15) is 0 Å². The van der Waals surface area contributed by atoms with Crippen LogP contribution in [0, 0.1) is 17.5 Å². The molecule has 15 atom stereocenters. The van der Waals surface area contributed by atoms with Crippen molar-refractivity contribution in [3.8, 4) is 17.2 Å². The fourth-order valence-electron chi connectivity index (χ4n) is 14.9. The summed E-state index contributed by atoms with van der Waals surface area (Å²) in [6.45, 7) is 6.42. The van der Waals surface area contributed by atoms with E-state index in [4.69, 9.17) is 56.8 Å². The normalized spacial score (nSPS) is 23.1. The molecule has 12 heterocycles. The van der Waals surface area contributed by atoms with Gasteiger partial charge in [-0.1, -0.05) is 97.1 Å². The van der Waals surface area contributed by atoms with Crippen molar-refractivity contribution in [2.24, 2.45) is 0 Å². The van der Waals surface area contributed by atoms with E-state index in [9.17, 15) is 57.3 Å². The van der Waals surface area contributed by atoms with Crippen molar-refractivity contribution in [2.75, 3.05) is 55.4 Å². The largest absolute Gasteiger partial charge is 0.490 e. The summed E-state index contributed by atoms with van der Waals surface area (Å²) in [7, 11) is 0. The molecule has 0 spiro atoms. The molecule has 6 aliphatic rings. The third-order valence-electron chi connectivity index (χ3n) is 20.5. The molecular formula is C84H79F3N18O21. The Hall–Kier alpha value is -14.2. The third-order valence-corrected chi connectivity index (χ3v) is 20.5. The molecule has 6 aromatic heterocycles. The van der Waals surface area contributed by atoms with E-state index in [2.05, 4.69) is 76.8 Å². The number of anilines is 3. The first-order valence-corrected chi connectivity index (χ1v) is 39.6. The summed E-state index contributed by atoms with van der Waals surface area (Å²) >= 11 is 0. The number of para-hydroxylation sites is 3. The zero-order valence-electron chi connectivity index (χ0n) is 66.8. The van der Waals surface area contributed by atoms with Gasteiger partial charge in [-0.3, -0.25) is 34.4 Å². The lowest BCUT2D eigenvalue weighted by Crippen LogP contribution is -2.33. The molecule has 652 valence electrons. The van der Waals surface area contributed by atoms with E-state index in [-0.39, 0.29) is 66.4 Å². The highest BCUT2D eigenvalue weighted by Gasteiger charge is 2.57. The van der Waals surface area contributed by atoms with Crippen LogP contribution in [0.15, 0.2) is 190 Å². The second kappa shape index (κ2) is 38.3. The lowest BCUT2D eigenvalue weighted by Gasteiger charge is -2.22. The number of nitrogens with zero attached hydrogens (tertiary/aromatic N) is 12. The number of carboxylic acid groups (broad SMARTS) is 3. The molecule has 0 bridgehead atoms. The van der Waals surface area contributed by atoms with Crippen LogP contribution in [-0.4, -0.2) is 211 Å². The number of hydrogen-bond acceptors (Lipinski definition) is 27. The van der Waals surface area contributed by atoms with E-state index in [0.717, 1.165) is 11.6 Å². The van der Waals surface area contributed by atoms with Crippen LogP contribution < -0.4 is 46.1 Å². The molecular weight excluding hydrogens is 1650 g/mol. The number of hydrogen-bond donors (Lipinski definition) is 9. The number of carboxylic acids is 3. The number of rotatable bonds is 26. The van der Waals surface area contributed by atoms with Crippen LogP contribution in [0.1, 0.15) is 95.0 Å². The minimum atomic E-state index is -1.33. The van der Waals surface area contributed by atoms with E-state index in [1.54, 1.807) is 107 Å². The molecule has 0 radical (unpaired) electrons. The van der Waals surface area contributed by atoms with Crippen molar-refractivity contribution in [3.05, 3.63) is 240 Å². The number of aromatic carboxylic acids is 2. The Morgan fingerprint density at radius 1 is 0.421 bits per heavy atom. The summed E-state index contributed by atoms with van der Waals surface area (Å²) in [5, 5.41) is 44.2. The van der Waals surface area contributed by atoms with Gasteiger partial charge in [0.15, 0.2) is 100 Å². The Morgan fingerprint density at radius 3 is 1.28 bits per heavy atom. The van der Waals surface area contributed by atoms with E-state index in [1.165, 1.54) is 80.4 Å². The van der Waals surface area contributed by atoms with E-state index < -0.39 is 146 Å². The molecule has 6 saturated heterocycles. The number of fused-ring (bicyclic) bond motifs is 6. The van der Waals surface area contributed by atoms with Gasteiger partial charge in [-0.15, -0.1) is 0 Å². The number of aromatic nitrogens is 12. The van der Waals surface area contributed by atoms with Crippen LogP contribution in [0.2, 0.25) is 0 Å². The number of carbonyl (C=O) groups excluding carboxylic acids is 3. The van der Waals surface area contributed by atoms with Gasteiger partial charge < -0.3 is 88.1 Å². The summed E-state index contributed by atoms with van der Waals surface area (Å²) in [4.78, 5) is 110. The van der Waals surface area contributed by atoms with Crippen molar-refractivity contribution in [1.82, 2.24) is 74.5 Å². The van der Waals surface area contributed by atoms with Gasteiger partial charge in [0.2, 0.25) is 0 Å². The molecule has 6 aliphatic heterocycles. The Labute approximate surface area is 711 Å². The van der Waals surface area contributed by atoms with Gasteiger partial charge in [0.05, 0.1) is 25.4 Å². The van der Waals surface area contributed by atoms with Crippen LogP contribution in [0.3, 0.4) is 0 Å². The molecule has 6 amide bonds. The van der Waals surface area contributed by atoms with E-state index in [1.807, 2.05) is 36.4 Å². The summed E-state index contributed by atoms with van der Waals surface area (Å²) < 4.78 is 121. The topological polar surface area (TPSA) is 477 Å². The average molecular weight is 1730 g/mol. The first-order valence-electron chi connectivity index (χ1n) is 39.6. The lowest BCUT2D eigenvalue weighted by atomic mass is 10.1. The first-order chi connectivity index (χ1) is 61.3. The third kappa shape index (κ3) is 18.7. The van der Waals surface area contributed by atoms with Crippen molar-refractivity contribution in [1.29, 1.82) is 0 Å². The monoisotopic (exact) mass is 1730 g/mol. The number of carbonyl (C=O) groups is 6. The van der Waals surface area contributed by atoms with Gasteiger partial charge >= 0.3 is 36.0 Å². The predicted molar refractivity (Wildman–Crippen MR) is 434 cm³/mol. The lowest BCUT2D eigenvalue weighted by molar-refractivity contribution is -0.152. The first kappa shape index (κ1) is 85.3. The number of halogens is 3. The Morgan fingerprint density at radius 2 is 0.817 bits per heavy atom. The molecule has 9 N–H and O–H groups in total. The van der Waals surface area contributed by atoms with Crippen LogP contribution in [-0.2, 0) is 53.8 Å². The van der Waals surface area contributed by atoms with E-state index in [0.29, 0.717) is 75.6 Å². The molecule has 6 fully saturated rings. The van der Waals surface area contributed by atoms with Crippen molar-refractivity contribution >= 4 is 93.0 Å². The highest BCUT2D eigenvalue weighted by molar-refractivity contribution is 5.98. The number of nitrogens with one attached hydrogen (secondary N) is 6. The number of amides is 6. The highest BCUT2D eigenvalue weighted by atomic mass is 19.1. The Bertz CT molecular complexity index is 5980. The minimum absolute atomic E-state index is 0.0100. The standard InChI is InChI=1S/C29H27FN6O7.C28H27FN6O7.C27H25FN6O7/c1-2-31-29(39)35-25-21-26(33-14-32-25)36(15-34-21)27-24-23(42-20(43-24)12-11-16-7-4-3-5-8-16)19(41-27)13-40-22-17(28(37)38)9-6-10-18(22)30;1-2-30-28(38)34-24-21-25(32-13-31-24)35(14-33-21)26-23-22(41-27(42-23)15-7-9-17(29)10-8-15)19(40-26)12-39-18-6-4-3-5-16(18)11-20(36)37;1-2-29-27(37)33-22-19-23(31-12-30-22)34(13-32-19)24-21-20(40-26(41-21)14-7-9-15(28)10-8-14)18(39-24)11-38-17-6-4-3-5-16(17)25(35)36/h3-12,14-15,19-20,23-24,27H,2,13H2,1H3,(H,37,38)(H2,31,32,33,35,39);3-10,13-14,19,22-23,26-27H,2,11-12H2,1H3,(H,36,37)(H2,30,31,32,34,38);3-10,12-13,18,20-21,24,26H,2,11H2,1H3,(H,35,36)(H2,29,30,31,33,37)/b12-11+;;/t19?,20-,23?,24?,27?;;18?,20?,21?,24?,26-/m0.0/s1. The predicted octanol–water partition coefficient (Wildman–Crippen LogP) is 10.1. The summed E-state index contributed by atoms with van der Waals surface area (Å²) in [5.74, 6) is -4.18.